The summed E-state index contributed by atoms with van der Waals surface area (Å²) in [6.45, 7) is 0. The van der Waals surface area contributed by atoms with Crippen LogP contribution < -0.4 is 5.32 Å². The third kappa shape index (κ3) is 3.43. The minimum absolute atomic E-state index is 0.0448. The first-order valence-electron chi connectivity index (χ1n) is 6.80. The second-order valence-corrected chi connectivity index (χ2v) is 6.73. The van der Waals surface area contributed by atoms with E-state index in [1.54, 1.807) is 17.4 Å². The number of rotatable bonds is 4. The van der Waals surface area contributed by atoms with Gasteiger partial charge in [0.15, 0.2) is 0 Å². The van der Waals surface area contributed by atoms with Crippen LogP contribution >= 0.6 is 27.3 Å². The third-order valence-electron chi connectivity index (χ3n) is 3.25. The summed E-state index contributed by atoms with van der Waals surface area (Å²) >= 11 is 4.95. The van der Waals surface area contributed by atoms with Crippen LogP contribution in [-0.2, 0) is 4.79 Å². The summed E-state index contributed by atoms with van der Waals surface area (Å²) in [7, 11) is 0. The molecule has 22 heavy (non-hydrogen) atoms. The Bertz CT molecular complexity index is 787. The molecule has 6 heteroatoms. The number of anilines is 1. The van der Waals surface area contributed by atoms with E-state index in [1.807, 2.05) is 29.6 Å². The molecule has 0 radical (unpaired) electrons. The van der Waals surface area contributed by atoms with E-state index in [2.05, 4.69) is 26.2 Å². The number of nitrogens with zero attached hydrogens (tertiary/aromatic N) is 2. The van der Waals surface area contributed by atoms with Crippen LogP contribution in [0.5, 0.6) is 0 Å². The monoisotopic (exact) mass is 373 g/mol. The zero-order valence-corrected chi connectivity index (χ0v) is 13.9. The number of carbonyl (C=O) groups is 1. The van der Waals surface area contributed by atoms with Crippen molar-refractivity contribution in [3.63, 3.8) is 0 Å². The molecule has 3 rings (SSSR count). The maximum absolute atomic E-state index is 12.2. The molecule has 0 atom stereocenters. The van der Waals surface area contributed by atoms with Gasteiger partial charge in [-0.25, -0.2) is 4.98 Å². The number of hydrogen-bond acceptors (Lipinski definition) is 4. The topological polar surface area (TPSA) is 65.8 Å². The lowest BCUT2D eigenvalue weighted by Gasteiger charge is -2.05. The largest absolute Gasteiger partial charge is 0.320 e. The summed E-state index contributed by atoms with van der Waals surface area (Å²) in [5.74, 6) is 0.141. The Morgan fingerprint density at radius 1 is 1.45 bits per heavy atom. The molecule has 110 valence electrons. The molecule has 1 aliphatic rings. The molecule has 1 aliphatic carbocycles. The zero-order valence-electron chi connectivity index (χ0n) is 11.5. The lowest BCUT2D eigenvalue weighted by Crippen LogP contribution is -2.13. The van der Waals surface area contributed by atoms with Gasteiger partial charge in [-0.15, -0.1) is 11.3 Å². The predicted molar refractivity (Wildman–Crippen MR) is 90.5 cm³/mol. The van der Waals surface area contributed by atoms with Gasteiger partial charge in [-0.2, -0.15) is 5.26 Å². The smallest absolute Gasteiger partial charge is 0.266 e. The first-order chi connectivity index (χ1) is 10.7. The van der Waals surface area contributed by atoms with Gasteiger partial charge in [-0.05, 0) is 47.0 Å². The van der Waals surface area contributed by atoms with E-state index in [9.17, 15) is 10.1 Å². The fourth-order valence-electron chi connectivity index (χ4n) is 1.93. The molecule has 0 spiro atoms. The molecule has 2 aromatic rings. The molecule has 1 aromatic heterocycles. The van der Waals surface area contributed by atoms with Crippen molar-refractivity contribution in [2.75, 3.05) is 5.32 Å². The Kier molecular flexibility index (Phi) is 4.36. The molecule has 1 saturated carbocycles. The van der Waals surface area contributed by atoms with E-state index in [-0.39, 0.29) is 5.57 Å². The zero-order chi connectivity index (χ0) is 15.5. The molecule has 1 fully saturated rings. The quantitative estimate of drug-likeness (QED) is 0.640. The van der Waals surface area contributed by atoms with Crippen LogP contribution in [0, 0.1) is 11.3 Å². The second kappa shape index (κ2) is 6.42. The van der Waals surface area contributed by atoms with E-state index in [0.29, 0.717) is 17.3 Å². The SMILES string of the molecule is N#CC(=Cc1csc(C2CC2)n1)C(=O)Nc1ccccc1Br. The van der Waals surface area contributed by atoms with Crippen LogP contribution in [-0.4, -0.2) is 10.9 Å². The number of benzene rings is 1. The summed E-state index contributed by atoms with van der Waals surface area (Å²) in [5.41, 5.74) is 1.35. The highest BCUT2D eigenvalue weighted by molar-refractivity contribution is 9.10. The van der Waals surface area contributed by atoms with Crippen molar-refractivity contribution in [1.29, 1.82) is 5.26 Å². The lowest BCUT2D eigenvalue weighted by molar-refractivity contribution is -0.112. The Morgan fingerprint density at radius 3 is 2.91 bits per heavy atom. The Labute approximate surface area is 140 Å². The summed E-state index contributed by atoms with van der Waals surface area (Å²) in [6.07, 6.45) is 3.91. The average Bonchev–Trinajstić information content (AvgIpc) is 3.26. The molecule has 4 nitrogen and oxygen atoms in total. The number of nitrogens with one attached hydrogen (secondary N) is 1. The molecule has 0 bridgehead atoms. The van der Waals surface area contributed by atoms with Gasteiger partial charge in [0.05, 0.1) is 16.4 Å². The van der Waals surface area contributed by atoms with Crippen LogP contribution in [0.15, 0.2) is 39.7 Å². The van der Waals surface area contributed by atoms with E-state index in [0.717, 1.165) is 9.48 Å². The van der Waals surface area contributed by atoms with E-state index in [1.165, 1.54) is 18.9 Å². The van der Waals surface area contributed by atoms with Crippen molar-refractivity contribution in [1.82, 2.24) is 4.98 Å². The number of para-hydroxylation sites is 1. The molecule has 0 unspecified atom stereocenters. The highest BCUT2D eigenvalue weighted by atomic mass is 79.9. The Hall–Kier alpha value is -1.97. The van der Waals surface area contributed by atoms with E-state index in [4.69, 9.17) is 0 Å². The van der Waals surface area contributed by atoms with Gasteiger partial charge in [0.2, 0.25) is 0 Å². The first-order valence-corrected chi connectivity index (χ1v) is 8.47. The van der Waals surface area contributed by atoms with Crippen LogP contribution in [0.2, 0.25) is 0 Å². The molecule has 0 saturated heterocycles. The standard InChI is InChI=1S/C16H12BrN3OS/c17-13-3-1-2-4-14(13)20-15(21)11(8-18)7-12-9-22-16(19-12)10-5-6-10/h1-4,7,9-10H,5-6H2,(H,20,21). The number of halogens is 1. The summed E-state index contributed by atoms with van der Waals surface area (Å²) in [6, 6.07) is 9.21. The number of amides is 1. The van der Waals surface area contributed by atoms with Crippen LogP contribution in [0.1, 0.15) is 29.5 Å². The summed E-state index contributed by atoms with van der Waals surface area (Å²) in [5, 5.41) is 14.9. The van der Waals surface area contributed by atoms with Gasteiger partial charge in [0.25, 0.3) is 5.91 Å². The van der Waals surface area contributed by atoms with Crippen molar-refractivity contribution in [2.24, 2.45) is 0 Å². The minimum Gasteiger partial charge on any atom is -0.320 e. The maximum Gasteiger partial charge on any atom is 0.266 e. The number of carbonyl (C=O) groups excluding carboxylic acids is 1. The van der Waals surface area contributed by atoms with Crippen LogP contribution in [0.3, 0.4) is 0 Å². The first kappa shape index (κ1) is 14.9. The van der Waals surface area contributed by atoms with Crippen molar-refractivity contribution in [3.05, 3.63) is 50.4 Å². The van der Waals surface area contributed by atoms with Crippen molar-refractivity contribution in [2.45, 2.75) is 18.8 Å². The Balaban J connectivity index is 1.77. The molecular weight excluding hydrogens is 362 g/mol. The van der Waals surface area contributed by atoms with Crippen molar-refractivity contribution in [3.8, 4) is 6.07 Å². The number of thiazole rings is 1. The minimum atomic E-state index is -0.435. The predicted octanol–water partition coefficient (Wildman–Crippen LogP) is 4.33. The lowest BCUT2D eigenvalue weighted by atomic mass is 10.2. The maximum atomic E-state index is 12.2. The molecule has 1 heterocycles. The number of hydrogen-bond donors (Lipinski definition) is 1. The van der Waals surface area contributed by atoms with Gasteiger partial charge in [0, 0.05) is 15.8 Å². The third-order valence-corrected chi connectivity index (χ3v) is 4.96. The second-order valence-electron chi connectivity index (χ2n) is 4.99. The molecule has 1 N–H and O–H groups in total. The van der Waals surface area contributed by atoms with E-state index >= 15 is 0 Å². The summed E-state index contributed by atoms with van der Waals surface area (Å²) in [4.78, 5) is 16.7. The van der Waals surface area contributed by atoms with E-state index < -0.39 is 5.91 Å². The van der Waals surface area contributed by atoms with Crippen molar-refractivity contribution < 1.29 is 4.79 Å². The fourth-order valence-corrected chi connectivity index (χ4v) is 3.27. The number of nitriles is 1. The average molecular weight is 374 g/mol. The van der Waals surface area contributed by atoms with Gasteiger partial charge in [-0.3, -0.25) is 4.79 Å². The van der Waals surface area contributed by atoms with Gasteiger partial charge in [-0.1, -0.05) is 12.1 Å². The highest BCUT2D eigenvalue weighted by Gasteiger charge is 2.26. The number of aromatic nitrogens is 1. The van der Waals surface area contributed by atoms with Crippen LogP contribution in [0.25, 0.3) is 6.08 Å². The van der Waals surface area contributed by atoms with Gasteiger partial charge < -0.3 is 5.32 Å². The summed E-state index contributed by atoms with van der Waals surface area (Å²) < 4.78 is 0.769. The molecule has 1 amide bonds. The molecular formula is C16H12BrN3OS. The highest BCUT2D eigenvalue weighted by Crippen LogP contribution is 2.41. The van der Waals surface area contributed by atoms with Crippen LogP contribution in [0.4, 0.5) is 5.69 Å². The molecule has 1 aromatic carbocycles. The fraction of sp³-hybridized carbons (Fsp3) is 0.188. The normalized spacial score (nSPS) is 14.5. The van der Waals surface area contributed by atoms with Gasteiger partial charge in [0.1, 0.15) is 11.6 Å². The van der Waals surface area contributed by atoms with Gasteiger partial charge >= 0.3 is 0 Å². The Morgan fingerprint density at radius 2 is 2.23 bits per heavy atom. The van der Waals surface area contributed by atoms with Crippen molar-refractivity contribution >= 4 is 44.9 Å². The molecule has 0 aliphatic heterocycles.